The molecule has 10 heteroatoms. The standard InChI is InChI=1S/C34H52N8O2/c1-23(2)9-14-27(24-10-12-25(13-11-24)30(43)35-21-28-37-39-40-38-28)42-31(44)29(41-20-8-17-33(6,7)22-41)36-34(42)18-15-26(16-19-34)32(3,4)5/h10-13,23,26-27H,8-9,14-22H2,1-7H3,(H,35,43)(H,37,38,39,40)/t26?,27-,34?/m1/s1. The van der Waals surface area contributed by atoms with Crippen molar-refractivity contribution >= 4 is 17.6 Å². The number of carbonyl (C=O) groups is 2. The second kappa shape index (κ2) is 12.6. The molecular weight excluding hydrogens is 552 g/mol. The number of amidine groups is 1. The zero-order valence-corrected chi connectivity index (χ0v) is 27.8. The fourth-order valence-electron chi connectivity index (χ4n) is 7.45. The van der Waals surface area contributed by atoms with Crippen molar-refractivity contribution in [2.24, 2.45) is 27.7 Å². The van der Waals surface area contributed by atoms with Crippen molar-refractivity contribution in [3.63, 3.8) is 0 Å². The molecule has 2 aromatic rings. The lowest BCUT2D eigenvalue weighted by atomic mass is 9.69. The molecule has 1 saturated heterocycles. The number of amides is 2. The Bertz CT molecular complexity index is 1320. The molecule has 1 saturated carbocycles. The number of aromatic nitrogens is 4. The van der Waals surface area contributed by atoms with Gasteiger partial charge in [0.25, 0.3) is 11.8 Å². The van der Waals surface area contributed by atoms with Gasteiger partial charge in [0.15, 0.2) is 11.7 Å². The first kappa shape index (κ1) is 32.1. The molecule has 1 aromatic carbocycles. The minimum atomic E-state index is -0.530. The number of carbonyl (C=O) groups excluding carboxylic acids is 2. The third-order valence-electron chi connectivity index (χ3n) is 10.1. The number of H-pyrrole nitrogens is 1. The second-order valence-corrected chi connectivity index (χ2v) is 15.5. The van der Waals surface area contributed by atoms with Gasteiger partial charge in [-0.25, -0.2) is 4.99 Å². The molecule has 3 heterocycles. The van der Waals surface area contributed by atoms with Crippen LogP contribution < -0.4 is 5.32 Å². The lowest BCUT2D eigenvalue weighted by Gasteiger charge is -2.47. The molecule has 3 aliphatic rings. The van der Waals surface area contributed by atoms with E-state index in [1.54, 1.807) is 0 Å². The van der Waals surface area contributed by atoms with Gasteiger partial charge in [-0.05, 0) is 91.7 Å². The Hall–Kier alpha value is -3.30. The minimum absolute atomic E-state index is 0.0765. The quantitative estimate of drug-likeness (QED) is 0.387. The largest absolute Gasteiger partial charge is 0.352 e. The number of tetrazole rings is 1. The number of aromatic amines is 1. The molecule has 44 heavy (non-hydrogen) atoms. The molecule has 5 rings (SSSR count). The molecule has 0 unspecified atom stereocenters. The van der Waals surface area contributed by atoms with Crippen LogP contribution in [0.2, 0.25) is 0 Å². The molecule has 1 aliphatic carbocycles. The Morgan fingerprint density at radius 3 is 2.39 bits per heavy atom. The zero-order valence-electron chi connectivity index (χ0n) is 27.8. The van der Waals surface area contributed by atoms with E-state index in [4.69, 9.17) is 4.99 Å². The van der Waals surface area contributed by atoms with Crippen LogP contribution in [0.3, 0.4) is 0 Å². The van der Waals surface area contributed by atoms with Crippen LogP contribution in [0.15, 0.2) is 29.3 Å². The number of benzene rings is 1. The molecule has 240 valence electrons. The summed E-state index contributed by atoms with van der Waals surface area (Å²) in [7, 11) is 0. The number of hydrogen-bond acceptors (Lipinski definition) is 7. The van der Waals surface area contributed by atoms with Crippen LogP contribution in [-0.4, -0.2) is 66.8 Å². The van der Waals surface area contributed by atoms with Gasteiger partial charge in [-0.1, -0.05) is 65.8 Å². The van der Waals surface area contributed by atoms with Crippen molar-refractivity contribution in [2.45, 2.75) is 118 Å². The first-order chi connectivity index (χ1) is 20.8. The highest BCUT2D eigenvalue weighted by Gasteiger charge is 2.54. The Morgan fingerprint density at radius 2 is 1.80 bits per heavy atom. The number of hydrogen-bond donors (Lipinski definition) is 2. The van der Waals surface area contributed by atoms with E-state index >= 15 is 0 Å². The predicted octanol–water partition coefficient (Wildman–Crippen LogP) is 5.90. The summed E-state index contributed by atoms with van der Waals surface area (Å²) in [4.78, 5) is 37.5. The van der Waals surface area contributed by atoms with Gasteiger partial charge >= 0.3 is 0 Å². The second-order valence-electron chi connectivity index (χ2n) is 15.5. The maximum Gasteiger partial charge on any atom is 0.291 e. The highest BCUT2D eigenvalue weighted by Crippen LogP contribution is 2.50. The summed E-state index contributed by atoms with van der Waals surface area (Å²) in [6, 6.07) is 7.66. The average Bonchev–Trinajstić information content (AvgIpc) is 3.58. The van der Waals surface area contributed by atoms with Crippen molar-refractivity contribution in [2.75, 3.05) is 13.1 Å². The Balaban J connectivity index is 1.45. The van der Waals surface area contributed by atoms with E-state index in [1.807, 2.05) is 24.3 Å². The minimum Gasteiger partial charge on any atom is -0.352 e. The summed E-state index contributed by atoms with van der Waals surface area (Å²) in [6.45, 7) is 18.0. The molecule has 0 radical (unpaired) electrons. The maximum absolute atomic E-state index is 14.7. The third kappa shape index (κ3) is 6.99. The number of rotatable bonds is 8. The van der Waals surface area contributed by atoms with Crippen LogP contribution in [0, 0.1) is 22.7 Å². The number of nitrogens with one attached hydrogen (secondary N) is 2. The summed E-state index contributed by atoms with van der Waals surface area (Å²) in [6.07, 6.45) is 7.98. The lowest BCUT2D eigenvalue weighted by Crippen LogP contribution is -2.53. The van der Waals surface area contributed by atoms with E-state index in [0.717, 1.165) is 63.6 Å². The number of likely N-dealkylation sites (tertiary alicyclic amines) is 1. The molecule has 2 N–H and O–H groups in total. The van der Waals surface area contributed by atoms with E-state index in [2.05, 4.69) is 84.2 Å². The molecular formula is C34H52N8O2. The Morgan fingerprint density at radius 1 is 1.09 bits per heavy atom. The molecule has 2 amide bonds. The van der Waals surface area contributed by atoms with E-state index < -0.39 is 5.66 Å². The van der Waals surface area contributed by atoms with Crippen molar-refractivity contribution in [3.8, 4) is 0 Å². The highest BCUT2D eigenvalue weighted by molar-refractivity contribution is 6.39. The highest BCUT2D eigenvalue weighted by atomic mass is 16.2. The maximum atomic E-state index is 14.7. The van der Waals surface area contributed by atoms with Gasteiger partial charge in [0.2, 0.25) is 0 Å². The first-order valence-corrected chi connectivity index (χ1v) is 16.6. The SMILES string of the molecule is CC(C)CC[C@H](c1ccc(C(=O)NCc2nn[nH]n2)cc1)N1C(=O)C(N2CCCC(C)(C)C2)=NC12CCC(C(C)(C)C)CC2. The smallest absolute Gasteiger partial charge is 0.291 e. The zero-order chi connectivity index (χ0) is 31.7. The molecule has 1 spiro atoms. The average molecular weight is 605 g/mol. The van der Waals surface area contributed by atoms with Crippen molar-refractivity contribution in [1.29, 1.82) is 0 Å². The van der Waals surface area contributed by atoms with E-state index in [1.165, 1.54) is 6.42 Å². The molecule has 1 aromatic heterocycles. The van der Waals surface area contributed by atoms with Crippen LogP contribution in [0.1, 0.15) is 128 Å². The monoisotopic (exact) mass is 604 g/mol. The van der Waals surface area contributed by atoms with Gasteiger partial charge in [0.1, 0.15) is 5.66 Å². The summed E-state index contributed by atoms with van der Waals surface area (Å²) < 4.78 is 0. The van der Waals surface area contributed by atoms with Crippen molar-refractivity contribution < 1.29 is 9.59 Å². The molecule has 2 aliphatic heterocycles. The van der Waals surface area contributed by atoms with Gasteiger partial charge in [-0.3, -0.25) is 9.59 Å². The topological polar surface area (TPSA) is 119 Å². The van der Waals surface area contributed by atoms with E-state index in [9.17, 15) is 9.59 Å². The number of aliphatic imine (C=N–C) groups is 1. The van der Waals surface area contributed by atoms with Gasteiger partial charge in [0, 0.05) is 18.7 Å². The summed E-state index contributed by atoms with van der Waals surface area (Å²) in [5.41, 5.74) is 1.47. The van der Waals surface area contributed by atoms with Gasteiger partial charge in [-0.15, -0.1) is 10.2 Å². The van der Waals surface area contributed by atoms with E-state index in [0.29, 0.717) is 29.1 Å². The number of nitrogens with zero attached hydrogens (tertiary/aromatic N) is 6. The molecule has 10 nitrogen and oxygen atoms in total. The van der Waals surface area contributed by atoms with Crippen LogP contribution in [-0.2, 0) is 11.3 Å². The van der Waals surface area contributed by atoms with Crippen LogP contribution >= 0.6 is 0 Å². The van der Waals surface area contributed by atoms with Gasteiger partial charge < -0.3 is 15.1 Å². The van der Waals surface area contributed by atoms with E-state index in [-0.39, 0.29) is 35.2 Å². The molecule has 1 atom stereocenters. The summed E-state index contributed by atoms with van der Waals surface area (Å²) in [5, 5.41) is 16.6. The normalized spacial score (nSPS) is 24.6. The Kier molecular flexibility index (Phi) is 9.19. The fourth-order valence-corrected chi connectivity index (χ4v) is 7.45. The summed E-state index contributed by atoms with van der Waals surface area (Å²) >= 11 is 0. The number of piperidine rings is 1. The van der Waals surface area contributed by atoms with Crippen LogP contribution in [0.25, 0.3) is 0 Å². The van der Waals surface area contributed by atoms with Crippen molar-refractivity contribution in [1.82, 2.24) is 35.7 Å². The van der Waals surface area contributed by atoms with Crippen LogP contribution in [0.5, 0.6) is 0 Å². The van der Waals surface area contributed by atoms with Gasteiger partial charge in [-0.2, -0.15) is 5.21 Å². The molecule has 2 fully saturated rings. The fraction of sp³-hybridized carbons (Fsp3) is 0.706. The lowest BCUT2D eigenvalue weighted by molar-refractivity contribution is -0.134. The predicted molar refractivity (Wildman–Crippen MR) is 172 cm³/mol. The third-order valence-corrected chi connectivity index (χ3v) is 10.1. The summed E-state index contributed by atoms with van der Waals surface area (Å²) in [5.74, 6) is 2.08. The first-order valence-electron chi connectivity index (χ1n) is 16.6. The van der Waals surface area contributed by atoms with Crippen LogP contribution in [0.4, 0.5) is 0 Å². The molecule has 0 bridgehead atoms. The van der Waals surface area contributed by atoms with Crippen molar-refractivity contribution in [3.05, 3.63) is 41.2 Å². The Labute approximate surface area is 262 Å². The van der Waals surface area contributed by atoms with Gasteiger partial charge in [0.05, 0.1) is 12.6 Å².